The molecule has 0 aromatic carbocycles. The molecule has 0 amide bonds. The third-order valence-corrected chi connectivity index (χ3v) is 3.54. The molecule has 2 nitrogen and oxygen atoms in total. The summed E-state index contributed by atoms with van der Waals surface area (Å²) in [4.78, 5) is 0. The topological polar surface area (TPSA) is 46.2 Å². The summed E-state index contributed by atoms with van der Waals surface area (Å²) in [5.41, 5.74) is 6.05. The molecular formula is C10H21NO. The Morgan fingerprint density at radius 2 is 1.92 bits per heavy atom. The second-order valence-electron chi connectivity index (χ2n) is 4.14. The monoisotopic (exact) mass is 171 g/mol. The third-order valence-electron chi connectivity index (χ3n) is 3.54. The molecule has 0 spiro atoms. The molecule has 1 fully saturated rings. The van der Waals surface area contributed by atoms with E-state index in [1.165, 1.54) is 12.8 Å². The minimum Gasteiger partial charge on any atom is -0.393 e. The second kappa shape index (κ2) is 3.75. The summed E-state index contributed by atoms with van der Waals surface area (Å²) >= 11 is 0. The molecule has 0 bridgehead atoms. The molecule has 0 atom stereocenters. The van der Waals surface area contributed by atoms with E-state index in [0.29, 0.717) is 5.92 Å². The van der Waals surface area contributed by atoms with Crippen molar-refractivity contribution in [2.75, 3.05) is 6.54 Å². The quantitative estimate of drug-likeness (QED) is 0.673. The molecule has 0 aromatic rings. The lowest BCUT2D eigenvalue weighted by Crippen LogP contribution is -2.50. The lowest BCUT2D eigenvalue weighted by atomic mass is 9.58. The van der Waals surface area contributed by atoms with E-state index in [-0.39, 0.29) is 11.5 Å². The average molecular weight is 171 g/mol. The molecule has 0 radical (unpaired) electrons. The molecule has 0 unspecified atom stereocenters. The van der Waals surface area contributed by atoms with Gasteiger partial charge in [-0.1, -0.05) is 26.7 Å². The van der Waals surface area contributed by atoms with Crippen LogP contribution in [0.5, 0.6) is 0 Å². The molecule has 1 saturated carbocycles. The van der Waals surface area contributed by atoms with Crippen LogP contribution in [0, 0.1) is 11.3 Å². The molecule has 1 rings (SSSR count). The Kier molecular flexibility index (Phi) is 3.13. The predicted octanol–water partition coefficient (Wildman–Crippen LogP) is 1.52. The van der Waals surface area contributed by atoms with E-state index in [1.807, 2.05) is 0 Å². The highest BCUT2D eigenvalue weighted by molar-refractivity contribution is 4.98. The van der Waals surface area contributed by atoms with Gasteiger partial charge < -0.3 is 10.8 Å². The van der Waals surface area contributed by atoms with Crippen LogP contribution in [0.15, 0.2) is 0 Å². The minimum atomic E-state index is -0.0749. The molecule has 0 aromatic heterocycles. The molecule has 0 heterocycles. The van der Waals surface area contributed by atoms with E-state index < -0.39 is 0 Å². The standard InChI is InChI=1S/C10H21NO/c1-3-8(4-2)10(7-11)5-9(12)6-10/h8-9,12H,3-7,11H2,1-2H3. The molecule has 1 aliphatic rings. The van der Waals surface area contributed by atoms with Gasteiger partial charge in [0.15, 0.2) is 0 Å². The van der Waals surface area contributed by atoms with Crippen molar-refractivity contribution in [2.45, 2.75) is 45.6 Å². The Morgan fingerprint density at radius 3 is 2.17 bits per heavy atom. The van der Waals surface area contributed by atoms with Gasteiger partial charge in [0.1, 0.15) is 0 Å². The summed E-state index contributed by atoms with van der Waals surface area (Å²) in [6.07, 6.45) is 4.17. The van der Waals surface area contributed by atoms with Crippen LogP contribution in [0.25, 0.3) is 0 Å². The van der Waals surface area contributed by atoms with Crippen molar-refractivity contribution in [2.24, 2.45) is 17.1 Å². The summed E-state index contributed by atoms with van der Waals surface area (Å²) in [6, 6.07) is 0. The summed E-state index contributed by atoms with van der Waals surface area (Å²) in [6.45, 7) is 5.18. The molecular weight excluding hydrogens is 150 g/mol. The molecule has 1 aliphatic carbocycles. The number of hydrogen-bond donors (Lipinski definition) is 2. The van der Waals surface area contributed by atoms with Gasteiger partial charge in [0, 0.05) is 0 Å². The van der Waals surface area contributed by atoms with E-state index in [2.05, 4.69) is 13.8 Å². The van der Waals surface area contributed by atoms with Crippen LogP contribution in [-0.4, -0.2) is 17.8 Å². The van der Waals surface area contributed by atoms with Gasteiger partial charge >= 0.3 is 0 Å². The van der Waals surface area contributed by atoms with Gasteiger partial charge in [0.05, 0.1) is 6.10 Å². The van der Waals surface area contributed by atoms with Gasteiger partial charge in [-0.05, 0) is 30.7 Å². The highest BCUT2D eigenvalue weighted by Gasteiger charge is 2.46. The van der Waals surface area contributed by atoms with Gasteiger partial charge in [0.25, 0.3) is 0 Å². The lowest BCUT2D eigenvalue weighted by Gasteiger charge is -2.50. The highest BCUT2D eigenvalue weighted by atomic mass is 16.3. The molecule has 3 N–H and O–H groups in total. The Balaban J connectivity index is 2.55. The van der Waals surface area contributed by atoms with E-state index in [4.69, 9.17) is 5.73 Å². The number of rotatable bonds is 4. The number of hydrogen-bond acceptors (Lipinski definition) is 2. The second-order valence-corrected chi connectivity index (χ2v) is 4.14. The van der Waals surface area contributed by atoms with Crippen LogP contribution in [0.4, 0.5) is 0 Å². The SMILES string of the molecule is CCC(CC)C1(CN)CC(O)C1. The van der Waals surface area contributed by atoms with Crippen LogP contribution in [0.3, 0.4) is 0 Å². The largest absolute Gasteiger partial charge is 0.393 e. The van der Waals surface area contributed by atoms with Gasteiger partial charge in [-0.25, -0.2) is 0 Å². The fourth-order valence-electron chi connectivity index (χ4n) is 2.70. The molecule has 0 aliphatic heterocycles. The zero-order valence-corrected chi connectivity index (χ0v) is 8.21. The first-order valence-electron chi connectivity index (χ1n) is 5.06. The Labute approximate surface area is 75.2 Å². The van der Waals surface area contributed by atoms with E-state index in [0.717, 1.165) is 19.4 Å². The molecule has 72 valence electrons. The van der Waals surface area contributed by atoms with E-state index in [9.17, 15) is 5.11 Å². The van der Waals surface area contributed by atoms with Crippen molar-refractivity contribution in [1.29, 1.82) is 0 Å². The van der Waals surface area contributed by atoms with Crippen molar-refractivity contribution >= 4 is 0 Å². The molecule has 2 heteroatoms. The lowest BCUT2D eigenvalue weighted by molar-refractivity contribution is -0.0662. The van der Waals surface area contributed by atoms with Crippen molar-refractivity contribution in [3.63, 3.8) is 0 Å². The highest BCUT2D eigenvalue weighted by Crippen LogP contribution is 2.48. The van der Waals surface area contributed by atoms with Crippen LogP contribution >= 0.6 is 0 Å². The fourth-order valence-corrected chi connectivity index (χ4v) is 2.70. The smallest absolute Gasteiger partial charge is 0.0552 e. The minimum absolute atomic E-state index is 0.0749. The normalized spacial score (nSPS) is 35.2. The number of aliphatic hydroxyl groups excluding tert-OH is 1. The maximum Gasteiger partial charge on any atom is 0.0552 e. The van der Waals surface area contributed by atoms with Gasteiger partial charge in [-0.3, -0.25) is 0 Å². The Bertz CT molecular complexity index is 137. The third kappa shape index (κ3) is 1.50. The summed E-state index contributed by atoms with van der Waals surface area (Å²) in [5.74, 6) is 0.714. The van der Waals surface area contributed by atoms with Crippen molar-refractivity contribution in [3.05, 3.63) is 0 Å². The van der Waals surface area contributed by atoms with Gasteiger partial charge in [-0.2, -0.15) is 0 Å². The number of aliphatic hydroxyl groups is 1. The summed E-state index contributed by atoms with van der Waals surface area (Å²) in [5, 5.41) is 9.30. The van der Waals surface area contributed by atoms with Crippen LogP contribution < -0.4 is 5.73 Å². The maximum atomic E-state index is 9.30. The van der Waals surface area contributed by atoms with Gasteiger partial charge in [0.2, 0.25) is 0 Å². The Hall–Kier alpha value is -0.0800. The fraction of sp³-hybridized carbons (Fsp3) is 1.00. The van der Waals surface area contributed by atoms with Crippen molar-refractivity contribution in [1.82, 2.24) is 0 Å². The zero-order valence-electron chi connectivity index (χ0n) is 8.21. The first-order valence-corrected chi connectivity index (χ1v) is 5.06. The van der Waals surface area contributed by atoms with Crippen LogP contribution in [0.2, 0.25) is 0 Å². The summed E-state index contributed by atoms with van der Waals surface area (Å²) in [7, 11) is 0. The van der Waals surface area contributed by atoms with Crippen molar-refractivity contribution < 1.29 is 5.11 Å². The predicted molar refractivity (Wildman–Crippen MR) is 50.8 cm³/mol. The maximum absolute atomic E-state index is 9.30. The zero-order chi connectivity index (χ0) is 9.19. The van der Waals surface area contributed by atoms with Crippen LogP contribution in [-0.2, 0) is 0 Å². The van der Waals surface area contributed by atoms with Gasteiger partial charge in [-0.15, -0.1) is 0 Å². The van der Waals surface area contributed by atoms with Crippen molar-refractivity contribution in [3.8, 4) is 0 Å². The molecule has 0 saturated heterocycles. The van der Waals surface area contributed by atoms with E-state index in [1.54, 1.807) is 0 Å². The first kappa shape index (κ1) is 10.0. The summed E-state index contributed by atoms with van der Waals surface area (Å²) < 4.78 is 0. The van der Waals surface area contributed by atoms with E-state index >= 15 is 0 Å². The average Bonchev–Trinajstić information content (AvgIpc) is 2.02. The van der Waals surface area contributed by atoms with Crippen LogP contribution in [0.1, 0.15) is 39.5 Å². The number of nitrogens with two attached hydrogens (primary N) is 1. The first-order chi connectivity index (χ1) is 5.68. The Morgan fingerprint density at radius 1 is 1.42 bits per heavy atom. The molecule has 12 heavy (non-hydrogen) atoms.